The summed E-state index contributed by atoms with van der Waals surface area (Å²) in [6.45, 7) is 15.2. The molecule has 1 aliphatic carbocycles. The van der Waals surface area contributed by atoms with Crippen molar-refractivity contribution in [1.29, 1.82) is 0 Å². The minimum atomic E-state index is -0.787. The molecular weight excluding hydrogens is 985 g/mol. The van der Waals surface area contributed by atoms with Crippen molar-refractivity contribution >= 4 is 56.9 Å². The van der Waals surface area contributed by atoms with E-state index >= 15 is 8.78 Å². The Balaban J connectivity index is 0.705. The van der Waals surface area contributed by atoms with Gasteiger partial charge in [-0.1, -0.05) is 12.0 Å². The third-order valence-electron chi connectivity index (χ3n) is 17.1. The number of phenols is 1. The fraction of sp³-hybridized carbons (Fsp3) is 0.500. The molecule has 17 nitrogen and oxygen atoms in total. The number of pyridine rings is 1. The van der Waals surface area contributed by atoms with Crippen LogP contribution in [0.3, 0.4) is 0 Å². The Labute approximate surface area is 446 Å². The van der Waals surface area contributed by atoms with Gasteiger partial charge in [-0.3, -0.25) is 24.7 Å². The number of terminal acetylenes is 1. The molecule has 3 atom stereocenters. The highest BCUT2D eigenvalue weighted by atomic mass is 19.1. The lowest BCUT2D eigenvalue weighted by atomic mass is 9.95. The van der Waals surface area contributed by atoms with Crippen molar-refractivity contribution in [1.82, 2.24) is 45.2 Å². The van der Waals surface area contributed by atoms with E-state index in [1.165, 1.54) is 30.5 Å². The average molecular weight is 1050 g/mol. The van der Waals surface area contributed by atoms with Gasteiger partial charge >= 0.3 is 12.0 Å². The zero-order valence-corrected chi connectivity index (χ0v) is 43.9. The number of hydrogen-bond acceptors (Lipinski definition) is 13. The van der Waals surface area contributed by atoms with Gasteiger partial charge in [0, 0.05) is 118 Å². The van der Waals surface area contributed by atoms with Crippen molar-refractivity contribution in [2.45, 2.75) is 102 Å². The zero-order chi connectivity index (χ0) is 53.5. The number of amides is 5. The molecule has 3 N–H and O–H groups in total. The molecule has 6 aliphatic heterocycles. The first-order chi connectivity index (χ1) is 37.0. The SMILES string of the molecule is C#Cc1c(F)ccc2cc(O)cc(-c3ncc4c(N5CC6CCC(C5)N6C(=O)NC(C)(C)C)nc(OCC5(CN6CCN(CC7CCN(c8ccc9c(c8)CN(C8CCC(=O)NC8=O)C9=O)CC7)CC6)CC5)nc4c3F)c12. The molecule has 3 aromatic carbocycles. The van der Waals surface area contributed by atoms with Gasteiger partial charge in [-0.05, 0) is 119 Å². The van der Waals surface area contributed by atoms with Crippen LogP contribution >= 0.6 is 0 Å². The number of nitrogens with one attached hydrogen (secondary N) is 2. The Morgan fingerprint density at radius 1 is 0.909 bits per heavy atom. The molecule has 1 saturated carbocycles. The van der Waals surface area contributed by atoms with Gasteiger partial charge in [0.2, 0.25) is 11.8 Å². The van der Waals surface area contributed by atoms with Crippen molar-refractivity contribution in [3.63, 3.8) is 0 Å². The fourth-order valence-corrected chi connectivity index (χ4v) is 12.9. The van der Waals surface area contributed by atoms with Crippen molar-refractivity contribution in [2.24, 2.45) is 11.3 Å². The number of piperazine rings is 2. The van der Waals surface area contributed by atoms with Gasteiger partial charge in [-0.25, -0.2) is 13.6 Å². The molecule has 8 heterocycles. The van der Waals surface area contributed by atoms with Crippen LogP contribution in [-0.2, 0) is 16.1 Å². The number of ether oxygens (including phenoxy) is 1. The zero-order valence-electron chi connectivity index (χ0n) is 43.9. The first-order valence-corrected chi connectivity index (χ1v) is 27.2. The van der Waals surface area contributed by atoms with E-state index in [-0.39, 0.29) is 81.2 Å². The summed E-state index contributed by atoms with van der Waals surface area (Å²) in [7, 11) is 0. The van der Waals surface area contributed by atoms with Crippen LogP contribution in [0.15, 0.2) is 48.7 Å². The number of phenolic OH excluding ortho intramolecular Hbond substituents is 1. The summed E-state index contributed by atoms with van der Waals surface area (Å²) in [5.74, 6) is 1.00. The van der Waals surface area contributed by atoms with E-state index in [1.807, 2.05) is 37.8 Å². The Kier molecular flexibility index (Phi) is 12.9. The number of halogens is 2. The summed E-state index contributed by atoms with van der Waals surface area (Å²) in [5.41, 5.74) is 2.02. The van der Waals surface area contributed by atoms with Gasteiger partial charge in [0.15, 0.2) is 5.82 Å². The predicted octanol–water partition coefficient (Wildman–Crippen LogP) is 6.43. The van der Waals surface area contributed by atoms with Crippen LogP contribution in [-0.4, -0.2) is 159 Å². The van der Waals surface area contributed by atoms with Crippen LogP contribution in [0, 0.1) is 35.3 Å². The van der Waals surface area contributed by atoms with Crippen molar-refractivity contribution in [2.75, 3.05) is 81.9 Å². The number of nitrogens with zero attached hydrogens (tertiary/aromatic N) is 9. The van der Waals surface area contributed by atoms with Gasteiger partial charge in [-0.15, -0.1) is 6.42 Å². The number of piperidine rings is 2. The van der Waals surface area contributed by atoms with Crippen LogP contribution in [0.2, 0.25) is 0 Å². The summed E-state index contributed by atoms with van der Waals surface area (Å²) in [5, 5.41) is 17.3. The number of aromatic hydroxyl groups is 1. The molecule has 2 bridgehead atoms. The smallest absolute Gasteiger partial charge is 0.319 e. The maximum atomic E-state index is 17.4. The molecule has 5 saturated heterocycles. The second-order valence-electron chi connectivity index (χ2n) is 23.6. The Bertz CT molecular complexity index is 3250. The first-order valence-electron chi connectivity index (χ1n) is 27.2. The van der Waals surface area contributed by atoms with Gasteiger partial charge in [-0.2, -0.15) is 9.97 Å². The quantitative estimate of drug-likeness (QED) is 0.0976. The third kappa shape index (κ3) is 9.83. The second kappa shape index (κ2) is 19.7. The summed E-state index contributed by atoms with van der Waals surface area (Å²) in [6.07, 6.45) is 13.6. The normalized spacial score (nSPS) is 22.9. The minimum Gasteiger partial charge on any atom is -0.508 e. The molecule has 5 aromatic rings. The molecule has 402 valence electrons. The monoisotopic (exact) mass is 1050 g/mol. The number of carbonyl (C=O) groups is 4. The molecule has 5 amide bonds. The van der Waals surface area contributed by atoms with Crippen LogP contribution in [0.4, 0.5) is 25.1 Å². The summed E-state index contributed by atoms with van der Waals surface area (Å²) in [6, 6.07) is 10.6. The van der Waals surface area contributed by atoms with Crippen LogP contribution in [0.5, 0.6) is 11.8 Å². The molecule has 2 aromatic heterocycles. The number of rotatable bonds is 11. The van der Waals surface area contributed by atoms with Crippen LogP contribution in [0.1, 0.15) is 93.6 Å². The predicted molar refractivity (Wildman–Crippen MR) is 286 cm³/mol. The van der Waals surface area contributed by atoms with E-state index in [2.05, 4.69) is 47.2 Å². The number of anilines is 2. The summed E-state index contributed by atoms with van der Waals surface area (Å²) >= 11 is 0. The second-order valence-corrected chi connectivity index (χ2v) is 23.6. The highest BCUT2D eigenvalue weighted by Crippen LogP contribution is 2.47. The maximum absolute atomic E-state index is 17.4. The van der Waals surface area contributed by atoms with E-state index in [4.69, 9.17) is 21.1 Å². The third-order valence-corrected chi connectivity index (χ3v) is 17.1. The topological polar surface area (TPSA) is 180 Å². The number of carbonyl (C=O) groups excluding carboxylic acids is 4. The van der Waals surface area contributed by atoms with Crippen molar-refractivity contribution in [3.8, 4) is 35.4 Å². The number of benzene rings is 3. The van der Waals surface area contributed by atoms with Crippen molar-refractivity contribution in [3.05, 3.63) is 77.0 Å². The number of fused-ring (bicyclic) bond motifs is 5. The lowest BCUT2D eigenvalue weighted by molar-refractivity contribution is -0.136. The first kappa shape index (κ1) is 50.6. The molecule has 3 unspecified atom stereocenters. The van der Waals surface area contributed by atoms with Crippen molar-refractivity contribution < 1.29 is 37.8 Å². The average Bonchev–Trinajstić information content (AvgIpc) is 4.06. The minimum absolute atomic E-state index is 0.0296. The molecule has 12 rings (SSSR count). The van der Waals surface area contributed by atoms with Gasteiger partial charge in [0.05, 0.1) is 29.6 Å². The number of imide groups is 1. The van der Waals surface area contributed by atoms with Crippen LogP contribution < -0.4 is 25.2 Å². The molecule has 0 spiro atoms. The molecular formula is C58H65F2N11O6. The lowest BCUT2D eigenvalue weighted by Crippen LogP contribution is -2.60. The maximum Gasteiger partial charge on any atom is 0.319 e. The van der Waals surface area contributed by atoms with E-state index in [0.29, 0.717) is 60.7 Å². The Morgan fingerprint density at radius 2 is 1.65 bits per heavy atom. The number of aromatic nitrogens is 3. The highest BCUT2D eigenvalue weighted by Gasteiger charge is 2.47. The highest BCUT2D eigenvalue weighted by molar-refractivity contribution is 6.06. The lowest BCUT2D eigenvalue weighted by Gasteiger charge is -2.42. The molecule has 6 fully saturated rings. The number of urea groups is 1. The van der Waals surface area contributed by atoms with E-state index in [1.54, 1.807) is 4.90 Å². The largest absolute Gasteiger partial charge is 0.508 e. The Morgan fingerprint density at radius 3 is 2.35 bits per heavy atom. The van der Waals surface area contributed by atoms with E-state index < -0.39 is 29.1 Å². The van der Waals surface area contributed by atoms with Crippen LogP contribution in [0.25, 0.3) is 32.9 Å². The van der Waals surface area contributed by atoms with Gasteiger partial charge < -0.3 is 44.6 Å². The summed E-state index contributed by atoms with van der Waals surface area (Å²) in [4.78, 5) is 78.6. The molecule has 7 aliphatic rings. The Hall–Kier alpha value is -7.17. The molecule has 77 heavy (non-hydrogen) atoms. The summed E-state index contributed by atoms with van der Waals surface area (Å²) < 4.78 is 39.1. The van der Waals surface area contributed by atoms with E-state index in [0.717, 1.165) is 102 Å². The van der Waals surface area contributed by atoms with Gasteiger partial charge in [0.1, 0.15) is 34.6 Å². The standard InChI is InChI=1S/C58H65F2N11O6/c1-5-41-45(59)11-6-35-25-40(72)26-43(48(35)41)50-49(60)51-44(27-61-50)52(69-30-38-7-8-39(31-69)71(38)56(76)65-57(2,3)4)64-55(63-51)77-33-58(16-17-58)32-67-22-20-66(21-23-67)28-34-14-18-68(19-15-34)37-9-10-42-36(24-37)29-70(54(42)75)46-12-13-47(73)62-53(46)74/h1,6,9-11,24-27,34,38-39,46,72H,7-8,12-23,28-33H2,2-4H3,(H,65,76)(H,62,73,74). The van der Waals surface area contributed by atoms with Gasteiger partial charge in [0.25, 0.3) is 5.91 Å². The molecule has 0 radical (unpaired) electrons. The molecule has 19 heteroatoms. The number of hydrogen-bond donors (Lipinski definition) is 3. The van der Waals surface area contributed by atoms with E-state index in [9.17, 15) is 24.3 Å². The fourth-order valence-electron chi connectivity index (χ4n) is 12.9.